The van der Waals surface area contributed by atoms with Gasteiger partial charge in [0.15, 0.2) is 5.69 Å². The van der Waals surface area contributed by atoms with Crippen molar-refractivity contribution in [3.05, 3.63) is 174 Å². The van der Waals surface area contributed by atoms with Crippen molar-refractivity contribution < 1.29 is 0 Å². The molecule has 0 radical (unpaired) electrons. The summed E-state index contributed by atoms with van der Waals surface area (Å²) in [6.45, 7) is 7.78. The van der Waals surface area contributed by atoms with Crippen LogP contribution in [-0.4, -0.2) is 9.13 Å². The highest BCUT2D eigenvalue weighted by molar-refractivity contribution is 6.11. The minimum Gasteiger partial charge on any atom is -0.310 e. The molecule has 0 atom stereocenters. The molecule has 0 amide bonds. The zero-order chi connectivity index (χ0) is 33.8. The van der Waals surface area contributed by atoms with E-state index < -0.39 is 0 Å². The lowest BCUT2D eigenvalue weighted by Crippen LogP contribution is -1.97. The predicted molar refractivity (Wildman–Crippen MR) is 202 cm³/mol. The summed E-state index contributed by atoms with van der Waals surface area (Å²) in [7, 11) is 0. The smallest absolute Gasteiger partial charge is 0.189 e. The van der Waals surface area contributed by atoms with E-state index in [-0.39, 0.29) is 0 Å². The Balaban J connectivity index is 1.19. The molecule has 2 aromatic heterocycles. The molecule has 0 fully saturated rings. The molecule has 7 aromatic carbocycles. The molecule has 50 heavy (non-hydrogen) atoms. The highest BCUT2D eigenvalue weighted by Crippen LogP contribution is 2.39. The number of hydrogen-bond donors (Lipinski definition) is 0. The summed E-state index contributed by atoms with van der Waals surface area (Å²) in [5.74, 6) is 0. The Labute approximate surface area is 288 Å². The zero-order valence-corrected chi connectivity index (χ0v) is 26.7. The first kappa shape index (κ1) is 28.8. The van der Waals surface area contributed by atoms with Crippen LogP contribution in [0.4, 0.5) is 5.69 Å². The first-order valence-electron chi connectivity index (χ1n) is 16.2. The van der Waals surface area contributed by atoms with Crippen LogP contribution in [-0.2, 0) is 0 Å². The van der Waals surface area contributed by atoms with Gasteiger partial charge in [0, 0.05) is 38.5 Å². The van der Waals surface area contributed by atoms with Crippen LogP contribution >= 0.6 is 0 Å². The Bertz CT molecular complexity index is 2900. The van der Waals surface area contributed by atoms with Gasteiger partial charge in [0.1, 0.15) is 0 Å². The van der Waals surface area contributed by atoms with Crippen molar-refractivity contribution in [2.24, 2.45) is 0 Å². The molecule has 0 saturated heterocycles. The molecule has 0 N–H and O–H groups in total. The lowest BCUT2D eigenvalue weighted by Gasteiger charge is -2.16. The topological polar surface area (TPSA) is 61.8 Å². The minimum absolute atomic E-state index is 0.560. The van der Waals surface area contributed by atoms with Crippen LogP contribution in [0, 0.1) is 29.2 Å². The zero-order valence-electron chi connectivity index (χ0n) is 26.7. The fraction of sp³-hybridized carbons (Fsp3) is 0. The first-order valence-corrected chi connectivity index (χ1v) is 16.2. The van der Waals surface area contributed by atoms with Gasteiger partial charge in [0.2, 0.25) is 0 Å². The second-order valence-electron chi connectivity index (χ2n) is 12.3. The van der Waals surface area contributed by atoms with Crippen LogP contribution in [0.25, 0.3) is 82.1 Å². The van der Waals surface area contributed by atoms with E-state index in [4.69, 9.17) is 6.57 Å². The summed E-state index contributed by atoms with van der Waals surface area (Å²) in [6, 6.07) is 55.6. The van der Waals surface area contributed by atoms with Gasteiger partial charge in [-0.3, -0.25) is 0 Å². The number of fused-ring (bicyclic) bond motifs is 6. The van der Waals surface area contributed by atoms with Crippen molar-refractivity contribution >= 4 is 49.3 Å². The van der Waals surface area contributed by atoms with Gasteiger partial charge in [-0.1, -0.05) is 91.0 Å². The second kappa shape index (κ2) is 11.4. The summed E-state index contributed by atoms with van der Waals surface area (Å²) in [5.41, 5.74) is 11.7. The predicted octanol–water partition coefficient (Wildman–Crippen LogP) is 11.5. The van der Waals surface area contributed by atoms with Crippen molar-refractivity contribution in [3.8, 4) is 45.8 Å². The van der Waals surface area contributed by atoms with E-state index in [2.05, 4.69) is 117 Å². The van der Waals surface area contributed by atoms with Crippen molar-refractivity contribution in [2.75, 3.05) is 0 Å². The molecule has 0 bridgehead atoms. The molecule has 0 saturated carbocycles. The molecule has 2 heterocycles. The molecule has 0 unspecified atom stereocenters. The number of benzene rings is 7. The fourth-order valence-corrected chi connectivity index (χ4v) is 7.34. The highest BCUT2D eigenvalue weighted by Gasteiger charge is 2.17. The van der Waals surface area contributed by atoms with Gasteiger partial charge in [0.05, 0.1) is 51.9 Å². The molecule has 0 aliphatic carbocycles. The summed E-state index contributed by atoms with van der Waals surface area (Å²) in [6.07, 6.45) is 0. The summed E-state index contributed by atoms with van der Waals surface area (Å²) < 4.78 is 4.43. The molecule has 230 valence electrons. The van der Waals surface area contributed by atoms with Crippen molar-refractivity contribution in [3.63, 3.8) is 0 Å². The van der Waals surface area contributed by atoms with Crippen molar-refractivity contribution in [1.29, 1.82) is 10.5 Å². The van der Waals surface area contributed by atoms with Gasteiger partial charge in [-0.05, 0) is 77.4 Å². The lowest BCUT2D eigenvalue weighted by molar-refractivity contribution is 1.18. The fourth-order valence-electron chi connectivity index (χ4n) is 7.34. The number of rotatable bonds is 4. The average Bonchev–Trinajstić information content (AvgIpc) is 3.70. The van der Waals surface area contributed by atoms with E-state index in [0.717, 1.165) is 66.5 Å². The van der Waals surface area contributed by atoms with Crippen LogP contribution in [0.1, 0.15) is 11.1 Å². The average molecular weight is 636 g/mol. The first-order chi connectivity index (χ1) is 24.6. The number of hydrogen-bond acceptors (Lipinski definition) is 2. The summed E-state index contributed by atoms with van der Waals surface area (Å²) in [4.78, 5) is 3.78. The number of para-hydroxylation sites is 3. The SMILES string of the molecule is [C-]#[N+]c1ccc(-c2ccc(-c3cc(C#N)cc(-n4c5ccccc5c5cc(C#N)ccc54)c3)cc2)c(-n2c3ccccc3c3ccccc32)c1. The molecule has 0 spiro atoms. The quantitative estimate of drug-likeness (QED) is 0.181. The third kappa shape index (κ3) is 4.45. The Morgan fingerprint density at radius 2 is 1.04 bits per heavy atom. The summed E-state index contributed by atoms with van der Waals surface area (Å²) in [5, 5.41) is 24.1. The highest BCUT2D eigenvalue weighted by atomic mass is 15.0. The van der Waals surface area contributed by atoms with E-state index in [9.17, 15) is 10.5 Å². The number of aromatic nitrogens is 2. The maximum absolute atomic E-state index is 10.1. The summed E-state index contributed by atoms with van der Waals surface area (Å²) >= 11 is 0. The van der Waals surface area contributed by atoms with E-state index in [1.54, 1.807) is 0 Å². The van der Waals surface area contributed by atoms with E-state index in [0.29, 0.717) is 16.8 Å². The van der Waals surface area contributed by atoms with Crippen molar-refractivity contribution in [1.82, 2.24) is 9.13 Å². The molecular formula is C45H25N5. The molecule has 9 rings (SSSR count). The largest absolute Gasteiger partial charge is 0.310 e. The number of nitrogens with zero attached hydrogens (tertiary/aromatic N) is 5. The van der Waals surface area contributed by atoms with Gasteiger partial charge in [-0.15, -0.1) is 0 Å². The molecular weight excluding hydrogens is 611 g/mol. The molecule has 5 heteroatoms. The van der Waals surface area contributed by atoms with Crippen LogP contribution in [0.3, 0.4) is 0 Å². The van der Waals surface area contributed by atoms with Gasteiger partial charge in [0.25, 0.3) is 0 Å². The Morgan fingerprint density at radius 3 is 1.68 bits per heavy atom. The molecule has 0 aliphatic heterocycles. The van der Waals surface area contributed by atoms with Gasteiger partial charge in [-0.25, -0.2) is 4.85 Å². The standard InChI is InChI=1S/C45H25N5/c1-48-34-19-20-36(45(26-34)50-42-12-6-2-8-37(42)38-9-3-7-13-43(38)50)32-17-15-31(16-18-32)33-22-30(28-47)23-35(25-33)49-41-11-5-4-10-39(41)40-24-29(27-46)14-21-44(40)49/h2-26H. The molecule has 5 nitrogen and oxygen atoms in total. The van der Waals surface area contributed by atoms with E-state index in [1.807, 2.05) is 60.7 Å². The van der Waals surface area contributed by atoms with Gasteiger partial charge >= 0.3 is 0 Å². The van der Waals surface area contributed by atoms with E-state index >= 15 is 0 Å². The maximum Gasteiger partial charge on any atom is 0.189 e. The second-order valence-corrected chi connectivity index (χ2v) is 12.3. The Kier molecular flexibility index (Phi) is 6.56. The Morgan fingerprint density at radius 1 is 0.460 bits per heavy atom. The van der Waals surface area contributed by atoms with Crippen LogP contribution in [0.2, 0.25) is 0 Å². The van der Waals surface area contributed by atoms with E-state index in [1.165, 1.54) is 10.8 Å². The molecule has 9 aromatic rings. The van der Waals surface area contributed by atoms with Crippen LogP contribution < -0.4 is 0 Å². The lowest BCUT2D eigenvalue weighted by atomic mass is 9.97. The third-order valence-electron chi connectivity index (χ3n) is 9.57. The number of nitriles is 2. The van der Waals surface area contributed by atoms with Crippen LogP contribution in [0.15, 0.2) is 152 Å². The van der Waals surface area contributed by atoms with Crippen LogP contribution in [0.5, 0.6) is 0 Å². The van der Waals surface area contributed by atoms with Gasteiger partial charge in [-0.2, -0.15) is 10.5 Å². The third-order valence-corrected chi connectivity index (χ3v) is 9.57. The van der Waals surface area contributed by atoms with Gasteiger partial charge < -0.3 is 9.13 Å². The maximum atomic E-state index is 10.1. The molecule has 0 aliphatic rings. The monoisotopic (exact) mass is 635 g/mol. The minimum atomic E-state index is 0.560. The normalized spacial score (nSPS) is 11.1. The van der Waals surface area contributed by atoms with Crippen molar-refractivity contribution in [2.45, 2.75) is 0 Å². The Hall–Kier alpha value is -7.39.